The zero-order chi connectivity index (χ0) is 13.1. The molecule has 1 aromatic carbocycles. The van der Waals surface area contributed by atoms with Gasteiger partial charge in [0.15, 0.2) is 0 Å². The highest BCUT2D eigenvalue weighted by Gasteiger charge is 2.09. The largest absolute Gasteiger partial charge is 0.383 e. The molecule has 2 rings (SSSR count). The fourth-order valence-corrected chi connectivity index (χ4v) is 1.75. The van der Waals surface area contributed by atoms with Gasteiger partial charge in [-0.15, -0.1) is 0 Å². The summed E-state index contributed by atoms with van der Waals surface area (Å²) in [6.45, 7) is 1.97. The lowest BCUT2D eigenvalue weighted by atomic mass is 10.1. The van der Waals surface area contributed by atoms with Crippen molar-refractivity contribution in [2.45, 2.75) is 19.8 Å². The Labute approximate surface area is 104 Å². The zero-order valence-electron chi connectivity index (χ0n) is 10.0. The summed E-state index contributed by atoms with van der Waals surface area (Å²) < 4.78 is 12.8. The summed E-state index contributed by atoms with van der Waals surface area (Å²) in [5.74, 6) is 0.258. The van der Waals surface area contributed by atoms with Crippen molar-refractivity contribution >= 4 is 5.82 Å². The van der Waals surface area contributed by atoms with Crippen LogP contribution in [0.1, 0.15) is 18.9 Å². The van der Waals surface area contributed by atoms with Crippen LogP contribution in [0.3, 0.4) is 0 Å². The normalized spacial score (nSPS) is 10.6. The first-order chi connectivity index (χ1) is 8.61. The van der Waals surface area contributed by atoms with Crippen LogP contribution in [0.5, 0.6) is 0 Å². The van der Waals surface area contributed by atoms with Crippen LogP contribution >= 0.6 is 0 Å². The number of aromatic nitrogens is 2. The molecule has 0 aliphatic heterocycles. The Morgan fingerprint density at radius 1 is 1.33 bits per heavy atom. The van der Waals surface area contributed by atoms with Gasteiger partial charge in [0.25, 0.3) is 5.56 Å². The molecule has 0 amide bonds. The monoisotopic (exact) mass is 247 g/mol. The molecule has 0 unspecified atom stereocenters. The van der Waals surface area contributed by atoms with Crippen LogP contribution in [0.4, 0.5) is 10.2 Å². The highest BCUT2D eigenvalue weighted by atomic mass is 19.1. The van der Waals surface area contributed by atoms with Gasteiger partial charge >= 0.3 is 0 Å². The van der Waals surface area contributed by atoms with Crippen molar-refractivity contribution < 1.29 is 4.39 Å². The van der Waals surface area contributed by atoms with Gasteiger partial charge in [0.05, 0.1) is 5.56 Å². The molecule has 94 valence electrons. The lowest BCUT2D eigenvalue weighted by Crippen LogP contribution is -2.18. The molecule has 0 radical (unpaired) electrons. The number of rotatable bonds is 3. The van der Waals surface area contributed by atoms with Crippen LogP contribution in [-0.4, -0.2) is 9.97 Å². The van der Waals surface area contributed by atoms with E-state index in [4.69, 9.17) is 5.73 Å². The van der Waals surface area contributed by atoms with Crippen LogP contribution in [0.15, 0.2) is 29.1 Å². The van der Waals surface area contributed by atoms with Crippen LogP contribution in [-0.2, 0) is 6.42 Å². The van der Waals surface area contributed by atoms with Gasteiger partial charge in [0, 0.05) is 5.56 Å². The highest BCUT2D eigenvalue weighted by molar-refractivity contribution is 5.57. The van der Waals surface area contributed by atoms with E-state index in [0.29, 0.717) is 23.4 Å². The van der Waals surface area contributed by atoms with Crippen molar-refractivity contribution in [3.8, 4) is 11.4 Å². The second-order valence-electron chi connectivity index (χ2n) is 4.04. The smallest absolute Gasteiger partial charge is 0.256 e. The third kappa shape index (κ3) is 2.40. The van der Waals surface area contributed by atoms with Crippen molar-refractivity contribution in [3.63, 3.8) is 0 Å². The van der Waals surface area contributed by atoms with Gasteiger partial charge in [-0.1, -0.05) is 13.3 Å². The molecule has 2 aromatic rings. The van der Waals surface area contributed by atoms with Crippen LogP contribution < -0.4 is 11.3 Å². The molecule has 0 fully saturated rings. The average molecular weight is 247 g/mol. The molecule has 3 N–H and O–H groups in total. The summed E-state index contributed by atoms with van der Waals surface area (Å²) in [4.78, 5) is 18.7. The third-order valence-corrected chi connectivity index (χ3v) is 2.67. The van der Waals surface area contributed by atoms with Crippen molar-refractivity contribution in [2.75, 3.05) is 5.73 Å². The third-order valence-electron chi connectivity index (χ3n) is 2.67. The van der Waals surface area contributed by atoms with Gasteiger partial charge in [-0.2, -0.15) is 0 Å². The van der Waals surface area contributed by atoms with E-state index in [1.54, 1.807) is 12.1 Å². The SMILES string of the molecule is CCCc1c(N)nc(-c2ccc(F)cc2)[nH]c1=O. The molecule has 0 atom stereocenters. The number of nitrogens with two attached hydrogens (primary N) is 1. The predicted octanol–water partition coefficient (Wildman–Crippen LogP) is 2.11. The second kappa shape index (κ2) is 5.00. The minimum Gasteiger partial charge on any atom is -0.383 e. The Bertz CT molecular complexity index is 605. The van der Waals surface area contributed by atoms with Crippen LogP contribution in [0, 0.1) is 5.82 Å². The van der Waals surface area contributed by atoms with Crippen molar-refractivity contribution in [3.05, 3.63) is 46.0 Å². The van der Waals surface area contributed by atoms with Gasteiger partial charge in [0.1, 0.15) is 17.5 Å². The van der Waals surface area contributed by atoms with Crippen molar-refractivity contribution in [1.29, 1.82) is 0 Å². The van der Waals surface area contributed by atoms with Gasteiger partial charge in [0.2, 0.25) is 0 Å². The van der Waals surface area contributed by atoms with E-state index in [-0.39, 0.29) is 17.2 Å². The lowest BCUT2D eigenvalue weighted by Gasteiger charge is -2.06. The number of nitrogen functional groups attached to an aromatic ring is 1. The van der Waals surface area contributed by atoms with Crippen molar-refractivity contribution in [1.82, 2.24) is 9.97 Å². The number of H-pyrrole nitrogens is 1. The lowest BCUT2D eigenvalue weighted by molar-refractivity contribution is 0.628. The van der Waals surface area contributed by atoms with Gasteiger partial charge in [-0.25, -0.2) is 9.37 Å². The Morgan fingerprint density at radius 3 is 2.56 bits per heavy atom. The first-order valence-electron chi connectivity index (χ1n) is 5.76. The molecule has 0 spiro atoms. The fraction of sp³-hybridized carbons (Fsp3) is 0.231. The number of aromatic amines is 1. The van der Waals surface area contributed by atoms with E-state index in [1.807, 2.05) is 6.92 Å². The summed E-state index contributed by atoms with van der Waals surface area (Å²) in [7, 11) is 0. The molecule has 1 aromatic heterocycles. The molecule has 0 saturated heterocycles. The Kier molecular flexibility index (Phi) is 3.41. The fourth-order valence-electron chi connectivity index (χ4n) is 1.75. The molecule has 0 saturated carbocycles. The quantitative estimate of drug-likeness (QED) is 0.872. The maximum Gasteiger partial charge on any atom is 0.256 e. The number of anilines is 1. The first-order valence-corrected chi connectivity index (χ1v) is 5.76. The highest BCUT2D eigenvalue weighted by Crippen LogP contribution is 2.16. The second-order valence-corrected chi connectivity index (χ2v) is 4.04. The van der Waals surface area contributed by atoms with Crippen LogP contribution in [0.2, 0.25) is 0 Å². The number of hydrogen-bond donors (Lipinski definition) is 2. The maximum absolute atomic E-state index is 12.8. The maximum atomic E-state index is 12.8. The van der Waals surface area contributed by atoms with Gasteiger partial charge in [-0.05, 0) is 30.7 Å². The van der Waals surface area contributed by atoms with E-state index in [2.05, 4.69) is 9.97 Å². The minimum absolute atomic E-state index is 0.233. The Hall–Kier alpha value is -2.17. The minimum atomic E-state index is -0.336. The Balaban J connectivity index is 2.48. The number of nitrogens with zero attached hydrogens (tertiary/aromatic N) is 1. The van der Waals surface area contributed by atoms with Crippen LogP contribution in [0.25, 0.3) is 11.4 Å². The molecule has 4 nitrogen and oxygen atoms in total. The molecule has 5 heteroatoms. The first kappa shape index (κ1) is 12.3. The summed E-state index contributed by atoms with van der Waals surface area (Å²) in [6.07, 6.45) is 1.42. The molecule has 0 aliphatic rings. The van der Waals surface area contributed by atoms with E-state index in [9.17, 15) is 9.18 Å². The molecule has 0 bridgehead atoms. The number of nitrogens with one attached hydrogen (secondary N) is 1. The van der Waals surface area contributed by atoms with E-state index < -0.39 is 0 Å². The standard InChI is InChI=1S/C13H14FN3O/c1-2-3-10-11(15)16-12(17-13(10)18)8-4-6-9(14)7-5-8/h4-7H,2-3H2,1H3,(H3,15,16,17,18). The Morgan fingerprint density at radius 2 is 2.00 bits per heavy atom. The molecular weight excluding hydrogens is 233 g/mol. The number of halogens is 1. The van der Waals surface area contributed by atoms with Gasteiger partial charge in [-0.3, -0.25) is 4.79 Å². The van der Waals surface area contributed by atoms with Crippen molar-refractivity contribution in [2.24, 2.45) is 0 Å². The summed E-state index contributed by atoms with van der Waals surface area (Å²) >= 11 is 0. The summed E-state index contributed by atoms with van der Waals surface area (Å²) in [6, 6.07) is 5.72. The summed E-state index contributed by atoms with van der Waals surface area (Å²) in [5.41, 5.74) is 6.67. The van der Waals surface area contributed by atoms with Gasteiger partial charge < -0.3 is 10.7 Å². The summed E-state index contributed by atoms with van der Waals surface area (Å²) in [5, 5.41) is 0. The topological polar surface area (TPSA) is 71.8 Å². The molecule has 18 heavy (non-hydrogen) atoms. The average Bonchev–Trinajstić information content (AvgIpc) is 2.34. The molecular formula is C13H14FN3O. The van der Waals surface area contributed by atoms with E-state index in [0.717, 1.165) is 6.42 Å². The number of benzene rings is 1. The van der Waals surface area contributed by atoms with E-state index >= 15 is 0 Å². The van der Waals surface area contributed by atoms with E-state index in [1.165, 1.54) is 12.1 Å². The molecule has 1 heterocycles. The molecule has 0 aliphatic carbocycles. The number of hydrogen-bond acceptors (Lipinski definition) is 3. The zero-order valence-corrected chi connectivity index (χ0v) is 10.0. The predicted molar refractivity (Wildman–Crippen MR) is 68.7 cm³/mol.